The molecule has 0 aromatic carbocycles. The Hall–Kier alpha value is -0.690. The van der Waals surface area contributed by atoms with Crippen LogP contribution in [0.25, 0.3) is 0 Å². The van der Waals surface area contributed by atoms with Crippen LogP contribution in [-0.4, -0.2) is 52.2 Å². The Balaban J connectivity index is 2.66. The van der Waals surface area contributed by atoms with E-state index in [0.717, 1.165) is 0 Å². The predicted octanol–water partition coefficient (Wildman–Crippen LogP) is -2.60. The highest BCUT2D eigenvalue weighted by molar-refractivity contribution is 5.82. The number of nitrogens with one attached hydrogen (secondary N) is 1. The maximum atomic E-state index is 9.22. The Kier molecular flexibility index (Phi) is 2.63. The molecule has 0 unspecified atom stereocenters. The van der Waals surface area contributed by atoms with Gasteiger partial charge < -0.3 is 25.8 Å². The van der Waals surface area contributed by atoms with Gasteiger partial charge in [-0.15, -0.1) is 0 Å². The predicted molar refractivity (Wildman–Crippen MR) is 39.7 cm³/mol. The molecule has 1 aliphatic heterocycles. The third kappa shape index (κ3) is 1.42. The van der Waals surface area contributed by atoms with Gasteiger partial charge in [0.2, 0.25) is 0 Å². The first kappa shape index (κ1) is 9.40. The van der Waals surface area contributed by atoms with E-state index in [0.29, 0.717) is 0 Å². The van der Waals surface area contributed by atoms with Gasteiger partial charge in [-0.05, 0) is 0 Å². The summed E-state index contributed by atoms with van der Waals surface area (Å²) in [5.41, 5.74) is 5.07. The zero-order valence-electron chi connectivity index (χ0n) is 6.34. The number of nitrogens with two attached hydrogens (primary N) is 1. The fraction of sp³-hybridized carbons (Fsp3) is 0.833. The van der Waals surface area contributed by atoms with Crippen molar-refractivity contribution in [3.63, 3.8) is 0 Å². The Morgan fingerprint density at radius 3 is 2.25 bits per heavy atom. The molecule has 1 rings (SSSR count). The molecule has 6 N–H and O–H groups in total. The molecule has 1 fully saturated rings. The summed E-state index contributed by atoms with van der Waals surface area (Å²) in [6.07, 6.45) is -4.26. The van der Waals surface area contributed by atoms with E-state index in [2.05, 4.69) is 0 Å². The molecule has 1 saturated heterocycles. The number of ether oxygens (including phenoxy) is 1. The largest absolute Gasteiger partial charge is 0.394 e. The van der Waals surface area contributed by atoms with E-state index < -0.39 is 31.0 Å². The quantitative estimate of drug-likeness (QED) is 0.233. The van der Waals surface area contributed by atoms with E-state index in [1.54, 1.807) is 0 Å². The minimum absolute atomic E-state index is 0.350. The van der Waals surface area contributed by atoms with Gasteiger partial charge in [0, 0.05) is 0 Å². The van der Waals surface area contributed by atoms with Gasteiger partial charge >= 0.3 is 0 Å². The van der Waals surface area contributed by atoms with Gasteiger partial charge in [0.05, 0.1) is 6.61 Å². The first-order valence-corrected chi connectivity index (χ1v) is 3.54. The minimum atomic E-state index is -1.22. The van der Waals surface area contributed by atoms with Crippen molar-refractivity contribution in [1.82, 2.24) is 0 Å². The topological polar surface area (TPSA) is 120 Å². The van der Waals surface area contributed by atoms with Gasteiger partial charge in [-0.3, -0.25) is 5.41 Å². The van der Waals surface area contributed by atoms with E-state index in [1.165, 1.54) is 0 Å². The number of amidine groups is 1. The first-order valence-electron chi connectivity index (χ1n) is 3.54. The standard InChI is InChI=1S/C6H12N2O4/c7-6(8)5-4(11)3(10)2(1-9)12-5/h2-5,9-11H,1H2,(H3,7,8)/t2-,3-,4-,5-/m1/s1. The number of rotatable bonds is 2. The molecule has 0 aromatic rings. The molecule has 1 heterocycles. The van der Waals surface area contributed by atoms with Crippen molar-refractivity contribution in [3.05, 3.63) is 0 Å². The van der Waals surface area contributed by atoms with E-state index in [9.17, 15) is 10.2 Å². The van der Waals surface area contributed by atoms with Crippen molar-refractivity contribution in [1.29, 1.82) is 5.41 Å². The van der Waals surface area contributed by atoms with Crippen LogP contribution in [0.2, 0.25) is 0 Å². The Labute approximate surface area is 69.1 Å². The van der Waals surface area contributed by atoms with Crippen LogP contribution in [-0.2, 0) is 4.74 Å². The molecule has 0 saturated carbocycles. The summed E-state index contributed by atoms with van der Waals surface area (Å²) < 4.78 is 4.90. The van der Waals surface area contributed by atoms with Crippen molar-refractivity contribution >= 4 is 5.84 Å². The van der Waals surface area contributed by atoms with Gasteiger partial charge in [-0.25, -0.2) is 0 Å². The second-order valence-corrected chi connectivity index (χ2v) is 2.71. The normalized spacial score (nSPS) is 41.6. The van der Waals surface area contributed by atoms with E-state index in [4.69, 9.17) is 21.0 Å². The molecule has 12 heavy (non-hydrogen) atoms. The summed E-state index contributed by atoms with van der Waals surface area (Å²) in [7, 11) is 0. The second-order valence-electron chi connectivity index (χ2n) is 2.71. The molecule has 0 aromatic heterocycles. The lowest BCUT2D eigenvalue weighted by atomic mass is 10.1. The molecule has 1 aliphatic rings. The van der Waals surface area contributed by atoms with Crippen molar-refractivity contribution in [2.24, 2.45) is 5.73 Å². The molecule has 0 aliphatic carbocycles. The zero-order chi connectivity index (χ0) is 9.30. The molecule has 0 radical (unpaired) electrons. The summed E-state index contributed by atoms with van der Waals surface area (Å²) in [5.74, 6) is -0.350. The molecular weight excluding hydrogens is 164 g/mol. The highest BCUT2D eigenvalue weighted by Crippen LogP contribution is 2.20. The number of aliphatic hydroxyl groups is 3. The number of hydrogen-bond donors (Lipinski definition) is 5. The second kappa shape index (κ2) is 3.36. The molecule has 70 valence electrons. The smallest absolute Gasteiger partial charge is 0.143 e. The van der Waals surface area contributed by atoms with E-state index >= 15 is 0 Å². The van der Waals surface area contributed by atoms with Crippen molar-refractivity contribution in [3.8, 4) is 0 Å². The van der Waals surface area contributed by atoms with Gasteiger partial charge in [0.1, 0.15) is 30.3 Å². The third-order valence-electron chi connectivity index (χ3n) is 1.85. The van der Waals surface area contributed by atoms with E-state index in [-0.39, 0.29) is 5.84 Å². The van der Waals surface area contributed by atoms with Crippen LogP contribution in [0.1, 0.15) is 0 Å². The lowest BCUT2D eigenvalue weighted by molar-refractivity contribution is -0.0102. The lowest BCUT2D eigenvalue weighted by Gasteiger charge is -2.11. The van der Waals surface area contributed by atoms with Crippen molar-refractivity contribution in [2.45, 2.75) is 24.4 Å². The van der Waals surface area contributed by atoms with Gasteiger partial charge in [-0.1, -0.05) is 0 Å². The summed E-state index contributed by atoms with van der Waals surface area (Å²) in [6.45, 7) is -0.401. The minimum Gasteiger partial charge on any atom is -0.394 e. The Morgan fingerprint density at radius 2 is 2.00 bits per heavy atom. The molecule has 0 spiro atoms. The van der Waals surface area contributed by atoms with Crippen LogP contribution in [0.15, 0.2) is 0 Å². The molecule has 0 amide bonds. The van der Waals surface area contributed by atoms with Crippen molar-refractivity contribution in [2.75, 3.05) is 6.61 Å². The Morgan fingerprint density at radius 1 is 1.42 bits per heavy atom. The summed E-state index contributed by atoms with van der Waals surface area (Å²) in [5, 5.41) is 34.0. The van der Waals surface area contributed by atoms with Crippen LogP contribution in [0.5, 0.6) is 0 Å². The average molecular weight is 176 g/mol. The molecular formula is C6H12N2O4. The van der Waals surface area contributed by atoms with Gasteiger partial charge in [0.25, 0.3) is 0 Å². The summed E-state index contributed by atoms with van der Waals surface area (Å²) >= 11 is 0. The highest BCUT2D eigenvalue weighted by atomic mass is 16.6. The fourth-order valence-corrected chi connectivity index (χ4v) is 1.16. The van der Waals surface area contributed by atoms with E-state index in [1.807, 2.05) is 0 Å². The lowest BCUT2D eigenvalue weighted by Crippen LogP contribution is -2.39. The molecule has 6 heteroatoms. The summed E-state index contributed by atoms with van der Waals surface area (Å²) in [6, 6.07) is 0. The van der Waals surface area contributed by atoms with Gasteiger partial charge in [-0.2, -0.15) is 0 Å². The first-order chi connectivity index (χ1) is 5.57. The van der Waals surface area contributed by atoms with Crippen LogP contribution >= 0.6 is 0 Å². The maximum Gasteiger partial charge on any atom is 0.143 e. The zero-order valence-corrected chi connectivity index (χ0v) is 6.34. The van der Waals surface area contributed by atoms with Gasteiger partial charge in [0.15, 0.2) is 0 Å². The fourth-order valence-electron chi connectivity index (χ4n) is 1.16. The third-order valence-corrected chi connectivity index (χ3v) is 1.85. The average Bonchev–Trinajstić information content (AvgIpc) is 2.30. The van der Waals surface area contributed by atoms with Crippen LogP contribution in [0.4, 0.5) is 0 Å². The highest BCUT2D eigenvalue weighted by Gasteiger charge is 2.43. The number of hydrogen-bond acceptors (Lipinski definition) is 5. The molecule has 6 nitrogen and oxygen atoms in total. The van der Waals surface area contributed by atoms with Crippen LogP contribution < -0.4 is 5.73 Å². The van der Waals surface area contributed by atoms with Crippen LogP contribution in [0.3, 0.4) is 0 Å². The SMILES string of the molecule is N=C(N)[C@@H]1O[C@H](CO)[C@@H](O)[C@H]1O. The summed E-state index contributed by atoms with van der Waals surface area (Å²) in [4.78, 5) is 0. The van der Waals surface area contributed by atoms with Crippen molar-refractivity contribution < 1.29 is 20.1 Å². The Bertz CT molecular complexity index is 186. The maximum absolute atomic E-state index is 9.22. The van der Waals surface area contributed by atoms with Crippen LogP contribution in [0, 0.1) is 5.41 Å². The number of aliphatic hydroxyl groups excluding tert-OH is 3. The molecule has 0 bridgehead atoms. The molecule has 4 atom stereocenters. The monoisotopic (exact) mass is 176 g/mol.